The summed E-state index contributed by atoms with van der Waals surface area (Å²) in [7, 11) is 0. The number of fused-ring (bicyclic) bond motifs is 2. The molecule has 8 heteroatoms. The Morgan fingerprint density at radius 3 is 2.54 bits per heavy atom. The lowest BCUT2D eigenvalue weighted by Gasteiger charge is -2.41. The number of nitrogens with zero attached hydrogens (tertiary/aromatic N) is 3. The van der Waals surface area contributed by atoms with Gasteiger partial charge < -0.3 is 20.2 Å². The largest absolute Gasteiger partial charge is 0.392 e. The Hall–Kier alpha value is -3.28. The molecule has 0 saturated carbocycles. The van der Waals surface area contributed by atoms with E-state index < -0.39 is 17.7 Å². The lowest BCUT2D eigenvalue weighted by Crippen LogP contribution is -2.48. The molecule has 5 rings (SSSR count). The van der Waals surface area contributed by atoms with Gasteiger partial charge in [-0.15, -0.1) is 0 Å². The highest BCUT2D eigenvalue weighted by Gasteiger charge is 2.43. The van der Waals surface area contributed by atoms with Gasteiger partial charge >= 0.3 is 0 Å². The molecule has 37 heavy (non-hydrogen) atoms. The van der Waals surface area contributed by atoms with E-state index in [1.165, 1.54) is 24.3 Å². The van der Waals surface area contributed by atoms with Crippen LogP contribution >= 0.6 is 0 Å². The normalized spacial score (nSPS) is 20.5. The van der Waals surface area contributed by atoms with E-state index in [2.05, 4.69) is 22.4 Å². The van der Waals surface area contributed by atoms with Crippen molar-refractivity contribution in [2.45, 2.75) is 37.2 Å². The molecule has 1 atom stereocenters. The standard InChI is InChI=1S/C29H32F2N4O2/c30-23-14-20(15-24(31)16-23)4-5-27(37)35-10-6-21(7-11-35)26(36)18-34-12-8-29(9-13-34)19-33-25-3-1-2-22(17-32)28(25)29/h1-5,14-16,21,26,33,36H,6-13,18-19H2. The number of benzene rings is 2. The number of aliphatic hydroxyl groups excluding tert-OH is 1. The molecule has 2 aromatic carbocycles. The van der Waals surface area contributed by atoms with E-state index in [1.807, 2.05) is 12.1 Å². The highest BCUT2D eigenvalue weighted by Crippen LogP contribution is 2.45. The molecule has 0 radical (unpaired) electrons. The smallest absolute Gasteiger partial charge is 0.246 e. The molecule has 0 aromatic heterocycles. The van der Waals surface area contributed by atoms with Crippen LogP contribution in [0.1, 0.15) is 42.4 Å². The Morgan fingerprint density at radius 2 is 1.86 bits per heavy atom. The first kappa shape index (κ1) is 25.4. The van der Waals surface area contributed by atoms with Crippen molar-refractivity contribution in [1.29, 1.82) is 5.26 Å². The van der Waals surface area contributed by atoms with Crippen molar-refractivity contribution >= 4 is 17.7 Å². The molecule has 1 amide bonds. The summed E-state index contributed by atoms with van der Waals surface area (Å²) in [6.45, 7) is 4.31. The number of hydrogen-bond acceptors (Lipinski definition) is 5. The number of aliphatic hydroxyl groups is 1. The molecule has 2 fully saturated rings. The first-order valence-corrected chi connectivity index (χ1v) is 13.0. The van der Waals surface area contributed by atoms with Gasteiger partial charge in [0.2, 0.25) is 5.91 Å². The van der Waals surface area contributed by atoms with Crippen molar-refractivity contribution in [2.24, 2.45) is 5.92 Å². The van der Waals surface area contributed by atoms with Gasteiger partial charge in [0.15, 0.2) is 0 Å². The summed E-state index contributed by atoms with van der Waals surface area (Å²) in [5, 5.41) is 24.1. The number of amides is 1. The van der Waals surface area contributed by atoms with Crippen LogP contribution in [0, 0.1) is 28.9 Å². The number of piperidine rings is 2. The summed E-state index contributed by atoms with van der Waals surface area (Å²) >= 11 is 0. The van der Waals surface area contributed by atoms with Crippen molar-refractivity contribution < 1.29 is 18.7 Å². The number of nitriles is 1. The molecule has 2 aromatic rings. The van der Waals surface area contributed by atoms with E-state index in [-0.39, 0.29) is 17.2 Å². The van der Waals surface area contributed by atoms with Gasteiger partial charge in [0, 0.05) is 55.0 Å². The quantitative estimate of drug-likeness (QED) is 0.602. The highest BCUT2D eigenvalue weighted by molar-refractivity contribution is 5.91. The Labute approximate surface area is 216 Å². The summed E-state index contributed by atoms with van der Waals surface area (Å²) in [5.41, 5.74) is 3.29. The van der Waals surface area contributed by atoms with Gasteiger partial charge in [-0.1, -0.05) is 6.07 Å². The van der Waals surface area contributed by atoms with Crippen molar-refractivity contribution in [3.05, 3.63) is 70.8 Å². The van der Waals surface area contributed by atoms with E-state index in [4.69, 9.17) is 0 Å². The third-order valence-corrected chi connectivity index (χ3v) is 8.29. The first-order valence-electron chi connectivity index (χ1n) is 13.0. The summed E-state index contributed by atoms with van der Waals surface area (Å²) in [6, 6.07) is 11.4. The number of nitrogens with one attached hydrogen (secondary N) is 1. The Kier molecular flexibility index (Phi) is 7.27. The SMILES string of the molecule is N#Cc1cccc2c1C1(CCN(CC(O)C3CCN(C(=O)C=Cc4cc(F)cc(F)c4)CC3)CC1)CN2. The second kappa shape index (κ2) is 10.6. The summed E-state index contributed by atoms with van der Waals surface area (Å²) < 4.78 is 26.7. The molecule has 194 valence electrons. The van der Waals surface area contributed by atoms with E-state index in [1.54, 1.807) is 4.90 Å². The fraction of sp³-hybridized carbons (Fsp3) is 0.448. The molecule has 3 aliphatic rings. The molecule has 3 heterocycles. The molecule has 1 spiro atoms. The van der Waals surface area contributed by atoms with Crippen LogP contribution in [-0.2, 0) is 10.2 Å². The van der Waals surface area contributed by atoms with Crippen molar-refractivity contribution in [1.82, 2.24) is 9.80 Å². The predicted molar refractivity (Wildman–Crippen MR) is 138 cm³/mol. The third kappa shape index (κ3) is 5.39. The first-order chi connectivity index (χ1) is 17.9. The average molecular weight is 507 g/mol. The zero-order valence-corrected chi connectivity index (χ0v) is 20.8. The maximum Gasteiger partial charge on any atom is 0.246 e. The van der Waals surface area contributed by atoms with Gasteiger partial charge in [0.25, 0.3) is 0 Å². The number of β-amino-alcohol motifs (C(OH)–C–C–N with tert-alkyl or cyclic N) is 1. The van der Waals surface area contributed by atoms with E-state index >= 15 is 0 Å². The summed E-state index contributed by atoms with van der Waals surface area (Å²) in [4.78, 5) is 16.6. The van der Waals surface area contributed by atoms with Crippen LogP contribution in [0.5, 0.6) is 0 Å². The second-order valence-corrected chi connectivity index (χ2v) is 10.5. The van der Waals surface area contributed by atoms with Gasteiger partial charge in [0.05, 0.1) is 17.7 Å². The minimum Gasteiger partial charge on any atom is -0.392 e. The monoisotopic (exact) mass is 506 g/mol. The molecule has 0 aliphatic carbocycles. The number of carbonyl (C=O) groups excluding carboxylic acids is 1. The fourth-order valence-corrected chi connectivity index (χ4v) is 6.17. The van der Waals surface area contributed by atoms with Crippen LogP contribution in [0.2, 0.25) is 0 Å². The lowest BCUT2D eigenvalue weighted by atomic mass is 9.72. The minimum atomic E-state index is -0.678. The Balaban J connectivity index is 1.10. The zero-order chi connectivity index (χ0) is 26.0. The van der Waals surface area contributed by atoms with Crippen LogP contribution < -0.4 is 5.32 Å². The maximum absolute atomic E-state index is 13.4. The number of likely N-dealkylation sites (tertiary alicyclic amines) is 2. The fourth-order valence-electron chi connectivity index (χ4n) is 6.17. The maximum atomic E-state index is 13.4. The average Bonchev–Trinajstić information content (AvgIpc) is 3.26. The zero-order valence-electron chi connectivity index (χ0n) is 20.8. The van der Waals surface area contributed by atoms with Crippen molar-refractivity contribution in [3.63, 3.8) is 0 Å². The van der Waals surface area contributed by atoms with E-state index in [0.29, 0.717) is 25.2 Å². The van der Waals surface area contributed by atoms with Gasteiger partial charge in [-0.25, -0.2) is 8.78 Å². The van der Waals surface area contributed by atoms with Crippen molar-refractivity contribution in [3.8, 4) is 6.07 Å². The van der Waals surface area contributed by atoms with Crippen molar-refractivity contribution in [2.75, 3.05) is 44.6 Å². The number of rotatable bonds is 5. The number of halogens is 2. The third-order valence-electron chi connectivity index (χ3n) is 8.29. The van der Waals surface area contributed by atoms with Gasteiger partial charge in [-0.05, 0) is 80.6 Å². The van der Waals surface area contributed by atoms with E-state index in [0.717, 1.165) is 68.2 Å². The van der Waals surface area contributed by atoms with Crippen LogP contribution in [0.15, 0.2) is 42.5 Å². The molecule has 3 aliphatic heterocycles. The van der Waals surface area contributed by atoms with Crippen LogP contribution in [0.4, 0.5) is 14.5 Å². The van der Waals surface area contributed by atoms with E-state index in [9.17, 15) is 23.9 Å². The number of anilines is 1. The molecule has 6 nitrogen and oxygen atoms in total. The molecule has 0 bridgehead atoms. The van der Waals surface area contributed by atoms with Gasteiger partial charge in [-0.3, -0.25) is 4.79 Å². The molecular formula is C29H32F2N4O2. The topological polar surface area (TPSA) is 79.6 Å². The lowest BCUT2D eigenvalue weighted by molar-refractivity contribution is -0.128. The summed E-state index contributed by atoms with van der Waals surface area (Å²) in [5.74, 6) is -1.42. The molecule has 1 unspecified atom stereocenters. The Bertz CT molecular complexity index is 1200. The molecule has 2 N–H and O–H groups in total. The van der Waals surface area contributed by atoms with Gasteiger partial charge in [-0.2, -0.15) is 5.26 Å². The number of hydrogen-bond donors (Lipinski definition) is 2. The summed E-state index contributed by atoms with van der Waals surface area (Å²) in [6.07, 6.45) is 5.66. The van der Waals surface area contributed by atoms with Crippen LogP contribution in [0.25, 0.3) is 6.08 Å². The van der Waals surface area contributed by atoms with Crippen LogP contribution in [0.3, 0.4) is 0 Å². The predicted octanol–water partition coefficient (Wildman–Crippen LogP) is 3.91. The minimum absolute atomic E-state index is 0.0143. The van der Waals surface area contributed by atoms with Gasteiger partial charge in [0.1, 0.15) is 11.6 Å². The second-order valence-electron chi connectivity index (χ2n) is 10.5. The number of carbonyl (C=O) groups is 1. The Morgan fingerprint density at radius 1 is 1.16 bits per heavy atom. The highest BCUT2D eigenvalue weighted by atomic mass is 19.1. The molecular weight excluding hydrogens is 474 g/mol. The van der Waals surface area contributed by atoms with Crippen LogP contribution in [-0.4, -0.2) is 66.2 Å². The molecule has 2 saturated heterocycles.